The lowest BCUT2D eigenvalue weighted by Crippen LogP contribution is -2.12. The Morgan fingerprint density at radius 2 is 2.17 bits per heavy atom. The zero-order chi connectivity index (χ0) is 9.14. The van der Waals surface area contributed by atoms with Gasteiger partial charge in [0, 0.05) is 5.02 Å². The van der Waals surface area contributed by atoms with E-state index in [1.165, 1.54) is 12.1 Å². The molecule has 0 aliphatic heterocycles. The minimum absolute atomic E-state index is 0.293. The molecule has 0 unspecified atom stereocenters. The summed E-state index contributed by atoms with van der Waals surface area (Å²) in [6.07, 6.45) is 0. The van der Waals surface area contributed by atoms with Crippen LogP contribution in [-0.4, -0.2) is 6.67 Å². The fraction of sp³-hybridized carbons (Fsp3) is 0.250. The van der Waals surface area contributed by atoms with Crippen LogP contribution in [-0.2, 0) is 0 Å². The Morgan fingerprint density at radius 1 is 1.50 bits per heavy atom. The number of halogens is 3. The largest absolute Gasteiger partial charge is 0.322 e. The quantitative estimate of drug-likeness (QED) is 0.764. The van der Waals surface area contributed by atoms with Gasteiger partial charge < -0.3 is 5.73 Å². The third kappa shape index (κ3) is 1.93. The summed E-state index contributed by atoms with van der Waals surface area (Å²) in [6, 6.07) is 2.87. The van der Waals surface area contributed by atoms with Gasteiger partial charge in [0.2, 0.25) is 0 Å². The lowest BCUT2D eigenvalue weighted by atomic mass is 10.1. The summed E-state index contributed by atoms with van der Waals surface area (Å²) in [6.45, 7) is -0.747. The van der Waals surface area contributed by atoms with E-state index in [2.05, 4.69) is 0 Å². The second-order valence-corrected chi connectivity index (χ2v) is 2.83. The number of nitrogens with two attached hydrogens (primary N) is 1. The Balaban J connectivity index is 3.04. The molecule has 0 spiro atoms. The maximum atomic E-state index is 12.6. The average Bonchev–Trinajstić information content (AvgIpc) is 2.08. The highest BCUT2D eigenvalue weighted by atomic mass is 35.5. The molecule has 1 aromatic rings. The van der Waals surface area contributed by atoms with Crippen molar-refractivity contribution in [2.45, 2.75) is 6.04 Å². The van der Waals surface area contributed by atoms with Crippen LogP contribution < -0.4 is 5.73 Å². The molecule has 0 aliphatic rings. The maximum Gasteiger partial charge on any atom is 0.123 e. The van der Waals surface area contributed by atoms with Gasteiger partial charge >= 0.3 is 0 Å². The van der Waals surface area contributed by atoms with E-state index < -0.39 is 18.5 Å². The lowest BCUT2D eigenvalue weighted by Gasteiger charge is -2.08. The number of rotatable bonds is 2. The standard InChI is InChI=1S/C8H8ClF2N/c9-7-2-1-5(11)3-6(7)8(12)4-10/h1-3,8H,4,12H2/t8-/m1/s1. The molecule has 0 aromatic heterocycles. The van der Waals surface area contributed by atoms with Crippen molar-refractivity contribution in [3.8, 4) is 0 Å². The molecule has 0 bridgehead atoms. The third-order valence-corrected chi connectivity index (χ3v) is 1.87. The molecule has 0 radical (unpaired) electrons. The van der Waals surface area contributed by atoms with Crippen molar-refractivity contribution in [3.05, 3.63) is 34.6 Å². The first-order valence-electron chi connectivity index (χ1n) is 3.41. The fourth-order valence-corrected chi connectivity index (χ4v) is 1.14. The van der Waals surface area contributed by atoms with Gasteiger partial charge in [-0.2, -0.15) is 0 Å². The zero-order valence-corrected chi connectivity index (χ0v) is 6.98. The SMILES string of the molecule is N[C@H](CF)c1cc(F)ccc1Cl. The Kier molecular flexibility index (Phi) is 3.00. The third-order valence-electron chi connectivity index (χ3n) is 1.52. The minimum Gasteiger partial charge on any atom is -0.322 e. The molecular weight excluding hydrogens is 184 g/mol. The van der Waals surface area contributed by atoms with E-state index in [0.717, 1.165) is 6.07 Å². The zero-order valence-electron chi connectivity index (χ0n) is 6.23. The Hall–Kier alpha value is -0.670. The normalized spacial score (nSPS) is 13.0. The van der Waals surface area contributed by atoms with Crippen LogP contribution in [0.3, 0.4) is 0 Å². The molecule has 1 atom stereocenters. The smallest absolute Gasteiger partial charge is 0.123 e. The number of hydrogen-bond acceptors (Lipinski definition) is 1. The highest BCUT2D eigenvalue weighted by molar-refractivity contribution is 6.31. The van der Waals surface area contributed by atoms with Crippen molar-refractivity contribution in [2.24, 2.45) is 5.73 Å². The number of alkyl halides is 1. The van der Waals surface area contributed by atoms with Crippen molar-refractivity contribution in [1.82, 2.24) is 0 Å². The van der Waals surface area contributed by atoms with Crippen molar-refractivity contribution >= 4 is 11.6 Å². The highest BCUT2D eigenvalue weighted by Gasteiger charge is 2.10. The first-order chi connectivity index (χ1) is 5.65. The summed E-state index contributed by atoms with van der Waals surface area (Å²) in [7, 11) is 0. The minimum atomic E-state index is -0.840. The Labute approximate surface area is 74.1 Å². The van der Waals surface area contributed by atoms with Crippen LogP contribution in [0.2, 0.25) is 5.02 Å². The molecule has 1 rings (SSSR count). The molecule has 4 heteroatoms. The lowest BCUT2D eigenvalue weighted by molar-refractivity contribution is 0.436. The Morgan fingerprint density at radius 3 is 2.75 bits per heavy atom. The maximum absolute atomic E-state index is 12.6. The van der Waals surface area contributed by atoms with Crippen LogP contribution in [0.15, 0.2) is 18.2 Å². The number of hydrogen-bond donors (Lipinski definition) is 1. The van der Waals surface area contributed by atoms with E-state index in [-0.39, 0.29) is 0 Å². The van der Waals surface area contributed by atoms with E-state index in [0.29, 0.717) is 10.6 Å². The van der Waals surface area contributed by atoms with Crippen LogP contribution in [0.25, 0.3) is 0 Å². The molecule has 0 saturated heterocycles. The molecular formula is C8H8ClF2N. The van der Waals surface area contributed by atoms with Crippen LogP contribution in [0.4, 0.5) is 8.78 Å². The van der Waals surface area contributed by atoms with Gasteiger partial charge in [-0.25, -0.2) is 8.78 Å². The van der Waals surface area contributed by atoms with Gasteiger partial charge in [-0.3, -0.25) is 0 Å². The van der Waals surface area contributed by atoms with Gasteiger partial charge in [0.15, 0.2) is 0 Å². The summed E-state index contributed by atoms with van der Waals surface area (Å²) >= 11 is 5.66. The van der Waals surface area contributed by atoms with E-state index in [1.54, 1.807) is 0 Å². The highest BCUT2D eigenvalue weighted by Crippen LogP contribution is 2.22. The molecule has 1 nitrogen and oxygen atoms in total. The molecule has 0 amide bonds. The van der Waals surface area contributed by atoms with E-state index in [9.17, 15) is 8.78 Å². The van der Waals surface area contributed by atoms with Crippen LogP contribution >= 0.6 is 11.6 Å². The first kappa shape index (κ1) is 9.42. The van der Waals surface area contributed by atoms with Gasteiger partial charge in [0.05, 0.1) is 6.04 Å². The topological polar surface area (TPSA) is 26.0 Å². The molecule has 0 fully saturated rings. The fourth-order valence-electron chi connectivity index (χ4n) is 0.882. The van der Waals surface area contributed by atoms with Crippen LogP contribution in [0, 0.1) is 5.82 Å². The van der Waals surface area contributed by atoms with E-state index in [4.69, 9.17) is 17.3 Å². The van der Waals surface area contributed by atoms with Gasteiger partial charge in [-0.1, -0.05) is 11.6 Å². The monoisotopic (exact) mass is 191 g/mol. The predicted octanol–water partition coefficient (Wildman–Crippen LogP) is 2.45. The van der Waals surface area contributed by atoms with Crippen molar-refractivity contribution in [1.29, 1.82) is 0 Å². The molecule has 0 saturated carbocycles. The molecule has 12 heavy (non-hydrogen) atoms. The van der Waals surface area contributed by atoms with Gasteiger partial charge in [0.1, 0.15) is 12.5 Å². The second kappa shape index (κ2) is 3.83. The van der Waals surface area contributed by atoms with E-state index >= 15 is 0 Å². The molecule has 1 aromatic carbocycles. The summed E-state index contributed by atoms with van der Waals surface area (Å²) in [5, 5.41) is 0.293. The average molecular weight is 192 g/mol. The summed E-state index contributed by atoms with van der Waals surface area (Å²) in [5.41, 5.74) is 5.64. The molecule has 2 N–H and O–H groups in total. The van der Waals surface area contributed by atoms with Gasteiger partial charge in [0.25, 0.3) is 0 Å². The van der Waals surface area contributed by atoms with Crippen molar-refractivity contribution in [2.75, 3.05) is 6.67 Å². The Bertz CT molecular complexity index is 278. The van der Waals surface area contributed by atoms with Crippen LogP contribution in [0.1, 0.15) is 11.6 Å². The van der Waals surface area contributed by atoms with Crippen molar-refractivity contribution in [3.63, 3.8) is 0 Å². The van der Waals surface area contributed by atoms with Crippen LogP contribution in [0.5, 0.6) is 0 Å². The molecule has 66 valence electrons. The van der Waals surface area contributed by atoms with Crippen molar-refractivity contribution < 1.29 is 8.78 Å². The number of benzene rings is 1. The second-order valence-electron chi connectivity index (χ2n) is 2.43. The summed E-state index contributed by atoms with van der Waals surface area (Å²) < 4.78 is 24.7. The molecule has 0 aliphatic carbocycles. The summed E-state index contributed by atoms with van der Waals surface area (Å²) in [4.78, 5) is 0. The molecule has 0 heterocycles. The first-order valence-corrected chi connectivity index (χ1v) is 3.79. The van der Waals surface area contributed by atoms with E-state index in [1.807, 2.05) is 0 Å². The predicted molar refractivity (Wildman–Crippen MR) is 44.3 cm³/mol. The van der Waals surface area contributed by atoms with Gasteiger partial charge in [-0.05, 0) is 23.8 Å². The summed E-state index contributed by atoms with van der Waals surface area (Å²) in [5.74, 6) is -0.460. The van der Waals surface area contributed by atoms with Gasteiger partial charge in [-0.15, -0.1) is 0 Å².